The van der Waals surface area contributed by atoms with Crippen LogP contribution in [0, 0.1) is 0 Å². The van der Waals surface area contributed by atoms with Gasteiger partial charge in [-0.05, 0) is 47.5 Å². The summed E-state index contributed by atoms with van der Waals surface area (Å²) in [5.74, 6) is 1.50. The Hall–Kier alpha value is -3.27. The summed E-state index contributed by atoms with van der Waals surface area (Å²) in [5.41, 5.74) is 5.86. The van der Waals surface area contributed by atoms with Crippen LogP contribution in [0.5, 0.6) is 11.5 Å². The molecule has 4 nitrogen and oxygen atoms in total. The maximum Gasteiger partial charge on any atom is 0.131 e. The van der Waals surface area contributed by atoms with Gasteiger partial charge in [-0.2, -0.15) is 0 Å². The summed E-state index contributed by atoms with van der Waals surface area (Å²) in [6, 6.07) is 22.7. The van der Waals surface area contributed by atoms with Crippen LogP contribution in [0.15, 0.2) is 71.7 Å². The third-order valence-corrected chi connectivity index (χ3v) is 4.85. The summed E-state index contributed by atoms with van der Waals surface area (Å²) in [7, 11) is 3.29. The molecule has 1 aliphatic heterocycles. The van der Waals surface area contributed by atoms with E-state index in [1.165, 1.54) is 16.8 Å². The van der Waals surface area contributed by atoms with Crippen molar-refractivity contribution in [3.05, 3.63) is 83.4 Å². The number of benzene rings is 3. The van der Waals surface area contributed by atoms with E-state index in [9.17, 15) is 0 Å². The summed E-state index contributed by atoms with van der Waals surface area (Å²) in [4.78, 5) is 6.96. The van der Waals surface area contributed by atoms with Crippen molar-refractivity contribution in [2.45, 2.75) is 13.1 Å². The van der Waals surface area contributed by atoms with Crippen LogP contribution in [0.3, 0.4) is 0 Å². The van der Waals surface area contributed by atoms with Crippen LogP contribution in [0.2, 0.25) is 0 Å². The van der Waals surface area contributed by atoms with Crippen LogP contribution in [0.25, 0.3) is 0 Å². The lowest BCUT2D eigenvalue weighted by molar-refractivity contribution is 0.394. The van der Waals surface area contributed by atoms with Gasteiger partial charge in [0, 0.05) is 36.6 Å². The molecule has 4 heteroatoms. The van der Waals surface area contributed by atoms with E-state index < -0.39 is 0 Å². The van der Waals surface area contributed by atoms with Crippen molar-refractivity contribution in [2.75, 3.05) is 19.1 Å². The Morgan fingerprint density at radius 1 is 0.852 bits per heavy atom. The zero-order chi connectivity index (χ0) is 18.6. The highest BCUT2D eigenvalue weighted by Crippen LogP contribution is 2.29. The van der Waals surface area contributed by atoms with E-state index in [0.717, 1.165) is 35.8 Å². The Balaban J connectivity index is 1.48. The molecule has 0 aromatic heterocycles. The van der Waals surface area contributed by atoms with Gasteiger partial charge in [-0.3, -0.25) is 4.99 Å². The van der Waals surface area contributed by atoms with Crippen molar-refractivity contribution in [3.8, 4) is 11.5 Å². The van der Waals surface area contributed by atoms with Crippen molar-refractivity contribution >= 4 is 17.6 Å². The smallest absolute Gasteiger partial charge is 0.131 e. The molecule has 1 heterocycles. The number of methoxy groups -OCH3 is 2. The molecule has 0 amide bonds. The second-order valence-electron chi connectivity index (χ2n) is 6.51. The first-order valence-corrected chi connectivity index (χ1v) is 8.95. The van der Waals surface area contributed by atoms with Gasteiger partial charge in [0.2, 0.25) is 0 Å². The molecule has 0 spiro atoms. The second kappa shape index (κ2) is 7.54. The first-order valence-electron chi connectivity index (χ1n) is 8.95. The van der Waals surface area contributed by atoms with Crippen LogP contribution >= 0.6 is 0 Å². The van der Waals surface area contributed by atoms with Crippen LogP contribution in [-0.4, -0.2) is 20.4 Å². The molecule has 0 saturated heterocycles. The highest BCUT2D eigenvalue weighted by molar-refractivity contribution is 5.86. The minimum atomic E-state index is 0.740. The predicted octanol–water partition coefficient (Wildman–Crippen LogP) is 4.97. The maximum atomic E-state index is 5.42. The average molecular weight is 358 g/mol. The van der Waals surface area contributed by atoms with E-state index in [2.05, 4.69) is 46.3 Å². The number of hydrogen-bond donors (Lipinski definition) is 0. The lowest BCUT2D eigenvalue weighted by Gasteiger charge is -2.17. The van der Waals surface area contributed by atoms with E-state index in [0.29, 0.717) is 0 Å². The van der Waals surface area contributed by atoms with Gasteiger partial charge in [0.25, 0.3) is 0 Å². The molecule has 0 atom stereocenters. The topological polar surface area (TPSA) is 34.1 Å². The fraction of sp³-hybridized carbons (Fsp3) is 0.174. The van der Waals surface area contributed by atoms with Gasteiger partial charge in [-0.15, -0.1) is 0 Å². The number of ether oxygens (including phenoxy) is 2. The Kier molecular flexibility index (Phi) is 4.79. The van der Waals surface area contributed by atoms with Gasteiger partial charge in [-0.1, -0.05) is 24.3 Å². The van der Waals surface area contributed by atoms with E-state index in [4.69, 9.17) is 9.47 Å². The quantitative estimate of drug-likeness (QED) is 0.604. The second-order valence-corrected chi connectivity index (χ2v) is 6.51. The van der Waals surface area contributed by atoms with Gasteiger partial charge in [0.15, 0.2) is 0 Å². The number of rotatable bonds is 5. The van der Waals surface area contributed by atoms with Gasteiger partial charge >= 0.3 is 0 Å². The Morgan fingerprint density at radius 3 is 2.19 bits per heavy atom. The molecule has 3 aromatic rings. The van der Waals surface area contributed by atoms with Gasteiger partial charge in [0.05, 0.1) is 19.9 Å². The molecule has 4 rings (SSSR count). The molecule has 27 heavy (non-hydrogen) atoms. The minimum Gasteiger partial charge on any atom is -0.497 e. The molecule has 136 valence electrons. The third kappa shape index (κ3) is 3.65. The highest BCUT2D eigenvalue weighted by atomic mass is 16.5. The number of fused-ring (bicyclic) bond motifs is 1. The number of anilines is 1. The zero-order valence-electron chi connectivity index (χ0n) is 15.6. The first kappa shape index (κ1) is 17.2. The Labute approximate surface area is 159 Å². The zero-order valence-corrected chi connectivity index (χ0v) is 15.6. The number of aliphatic imine (C=N–C) groups is 1. The van der Waals surface area contributed by atoms with Crippen molar-refractivity contribution in [1.29, 1.82) is 0 Å². The average Bonchev–Trinajstić information content (AvgIpc) is 3.16. The van der Waals surface area contributed by atoms with Crippen molar-refractivity contribution in [3.63, 3.8) is 0 Å². The molecule has 0 fully saturated rings. The number of nitrogens with zero attached hydrogens (tertiary/aromatic N) is 2. The fourth-order valence-corrected chi connectivity index (χ4v) is 3.33. The van der Waals surface area contributed by atoms with Crippen molar-refractivity contribution in [2.24, 2.45) is 4.99 Å². The largest absolute Gasteiger partial charge is 0.497 e. The van der Waals surface area contributed by atoms with E-state index >= 15 is 0 Å². The summed E-state index contributed by atoms with van der Waals surface area (Å²) in [5, 5.41) is 0. The first-order chi connectivity index (χ1) is 13.3. The summed E-state index contributed by atoms with van der Waals surface area (Å²) >= 11 is 0. The molecule has 0 unspecified atom stereocenters. The predicted molar refractivity (Wildman–Crippen MR) is 110 cm³/mol. The van der Waals surface area contributed by atoms with Crippen LogP contribution in [0.4, 0.5) is 11.4 Å². The maximum absolute atomic E-state index is 5.42. The van der Waals surface area contributed by atoms with Gasteiger partial charge in [-0.25, -0.2) is 0 Å². The summed E-state index contributed by atoms with van der Waals surface area (Å²) < 4.78 is 10.6. The molecule has 0 radical (unpaired) electrons. The normalized spacial score (nSPS) is 13.0. The van der Waals surface area contributed by atoms with Gasteiger partial charge in [0.1, 0.15) is 11.5 Å². The molecule has 3 aromatic carbocycles. The lowest BCUT2D eigenvalue weighted by atomic mass is 10.1. The van der Waals surface area contributed by atoms with Gasteiger partial charge < -0.3 is 14.4 Å². The fourth-order valence-electron chi connectivity index (χ4n) is 3.33. The Morgan fingerprint density at radius 2 is 1.56 bits per heavy atom. The molecule has 1 aliphatic rings. The van der Waals surface area contributed by atoms with Crippen LogP contribution < -0.4 is 14.4 Å². The molecule has 0 aliphatic carbocycles. The monoisotopic (exact) mass is 358 g/mol. The van der Waals surface area contributed by atoms with Crippen LogP contribution in [-0.2, 0) is 13.1 Å². The van der Waals surface area contributed by atoms with Crippen molar-refractivity contribution < 1.29 is 9.47 Å². The van der Waals surface area contributed by atoms with Crippen molar-refractivity contribution in [1.82, 2.24) is 0 Å². The number of hydrogen-bond acceptors (Lipinski definition) is 4. The van der Waals surface area contributed by atoms with E-state index in [-0.39, 0.29) is 0 Å². The van der Waals surface area contributed by atoms with E-state index in [1.54, 1.807) is 14.2 Å². The SMILES string of the molecule is COc1ccc(C=Nc2ccc(N3Cc4ccccc4C3)cc2)c(OC)c1. The molecule has 0 bridgehead atoms. The standard InChI is InChI=1S/C23H22N2O2/c1-26-22-12-7-17(23(13-22)27-2)14-24-20-8-10-21(11-9-20)25-15-18-5-3-4-6-19(18)16-25/h3-14H,15-16H2,1-2H3. The third-order valence-electron chi connectivity index (χ3n) is 4.85. The lowest BCUT2D eigenvalue weighted by Crippen LogP contribution is -2.13. The minimum absolute atomic E-state index is 0.740. The van der Waals surface area contributed by atoms with E-state index in [1.807, 2.05) is 36.5 Å². The molecule has 0 saturated carbocycles. The molecular weight excluding hydrogens is 336 g/mol. The Bertz CT molecular complexity index is 939. The highest BCUT2D eigenvalue weighted by Gasteiger charge is 2.18. The summed E-state index contributed by atoms with van der Waals surface area (Å²) in [6.45, 7) is 1.92. The molecule has 0 N–H and O–H groups in total. The van der Waals surface area contributed by atoms with Crippen LogP contribution in [0.1, 0.15) is 16.7 Å². The summed E-state index contributed by atoms with van der Waals surface area (Å²) in [6.07, 6.45) is 1.82. The molecular formula is C23H22N2O2.